The molecule has 3 heteroatoms. The largest absolute Gasteiger partial charge is 0.480 e. The molecule has 0 aromatic rings. The molecule has 0 aromatic carbocycles. The molecule has 0 radical (unpaired) electrons. The lowest BCUT2D eigenvalue weighted by Crippen LogP contribution is -2.41. The standard InChI is InChI=1S/C10H19NO2/c1-3-5-8(2)11-7-4-6-9(11)10(12)13/h8-9H,3-7H2,1-2H3,(H,12,13). The molecule has 1 heterocycles. The molecule has 1 aliphatic rings. The van der Waals surface area contributed by atoms with Gasteiger partial charge in [0.05, 0.1) is 0 Å². The molecule has 2 unspecified atom stereocenters. The maximum Gasteiger partial charge on any atom is 0.320 e. The summed E-state index contributed by atoms with van der Waals surface area (Å²) in [4.78, 5) is 13.0. The molecule has 0 saturated carbocycles. The monoisotopic (exact) mass is 185 g/mol. The van der Waals surface area contributed by atoms with Crippen molar-refractivity contribution in [3.63, 3.8) is 0 Å². The molecule has 1 fully saturated rings. The smallest absolute Gasteiger partial charge is 0.320 e. The van der Waals surface area contributed by atoms with E-state index in [1.54, 1.807) is 0 Å². The number of aliphatic carboxylic acids is 1. The van der Waals surface area contributed by atoms with Crippen LogP contribution in [0.3, 0.4) is 0 Å². The van der Waals surface area contributed by atoms with Gasteiger partial charge in [-0.2, -0.15) is 0 Å². The molecule has 0 aromatic heterocycles. The van der Waals surface area contributed by atoms with E-state index in [0.29, 0.717) is 6.04 Å². The molecule has 76 valence electrons. The predicted molar refractivity (Wildman–Crippen MR) is 51.7 cm³/mol. The molecule has 0 bridgehead atoms. The fourth-order valence-corrected chi connectivity index (χ4v) is 2.17. The third kappa shape index (κ3) is 2.44. The van der Waals surface area contributed by atoms with E-state index in [-0.39, 0.29) is 6.04 Å². The molecule has 13 heavy (non-hydrogen) atoms. The van der Waals surface area contributed by atoms with Gasteiger partial charge in [-0.25, -0.2) is 0 Å². The third-order valence-electron chi connectivity index (χ3n) is 2.85. The summed E-state index contributed by atoms with van der Waals surface area (Å²) in [6.45, 7) is 5.23. The van der Waals surface area contributed by atoms with Crippen molar-refractivity contribution in [1.29, 1.82) is 0 Å². The zero-order chi connectivity index (χ0) is 9.84. The number of nitrogens with zero attached hydrogens (tertiary/aromatic N) is 1. The van der Waals surface area contributed by atoms with Crippen molar-refractivity contribution in [2.45, 2.75) is 51.6 Å². The quantitative estimate of drug-likeness (QED) is 0.725. The molecule has 2 atom stereocenters. The first-order chi connectivity index (χ1) is 6.16. The second-order valence-corrected chi connectivity index (χ2v) is 3.87. The highest BCUT2D eigenvalue weighted by Gasteiger charge is 2.32. The molecular formula is C10H19NO2. The van der Waals surface area contributed by atoms with Gasteiger partial charge in [-0.15, -0.1) is 0 Å². The molecule has 0 aliphatic carbocycles. The van der Waals surface area contributed by atoms with E-state index in [0.717, 1.165) is 32.2 Å². The summed E-state index contributed by atoms with van der Waals surface area (Å²) in [6.07, 6.45) is 4.09. The molecule has 1 aliphatic heterocycles. The summed E-state index contributed by atoms with van der Waals surface area (Å²) < 4.78 is 0. The van der Waals surface area contributed by atoms with Crippen molar-refractivity contribution < 1.29 is 9.90 Å². The van der Waals surface area contributed by atoms with Crippen LogP contribution >= 0.6 is 0 Å². The van der Waals surface area contributed by atoms with Gasteiger partial charge in [-0.1, -0.05) is 13.3 Å². The Balaban J connectivity index is 2.52. The van der Waals surface area contributed by atoms with Crippen LogP contribution in [0.5, 0.6) is 0 Å². The zero-order valence-corrected chi connectivity index (χ0v) is 8.49. The molecule has 3 nitrogen and oxygen atoms in total. The van der Waals surface area contributed by atoms with Crippen LogP contribution in [0.25, 0.3) is 0 Å². The summed E-state index contributed by atoms with van der Waals surface area (Å²) in [5, 5.41) is 8.96. The summed E-state index contributed by atoms with van der Waals surface area (Å²) in [7, 11) is 0. The summed E-state index contributed by atoms with van der Waals surface area (Å²) in [6, 6.07) is 0.204. The van der Waals surface area contributed by atoms with Gasteiger partial charge in [-0.05, 0) is 32.7 Å². The number of likely N-dealkylation sites (tertiary alicyclic amines) is 1. The number of rotatable bonds is 4. The van der Waals surface area contributed by atoms with Gasteiger partial charge < -0.3 is 5.11 Å². The number of hydrogen-bond acceptors (Lipinski definition) is 2. The summed E-state index contributed by atoms with van der Waals surface area (Å²) >= 11 is 0. The Morgan fingerprint density at radius 1 is 1.69 bits per heavy atom. The van der Waals surface area contributed by atoms with Crippen LogP contribution in [-0.4, -0.2) is 34.6 Å². The van der Waals surface area contributed by atoms with Crippen LogP contribution in [0.1, 0.15) is 39.5 Å². The van der Waals surface area contributed by atoms with Crippen LogP contribution in [0.4, 0.5) is 0 Å². The van der Waals surface area contributed by atoms with E-state index in [9.17, 15) is 4.79 Å². The Labute approximate surface area is 79.7 Å². The topological polar surface area (TPSA) is 40.5 Å². The van der Waals surface area contributed by atoms with Gasteiger partial charge in [0, 0.05) is 6.04 Å². The maximum absolute atomic E-state index is 10.9. The number of carbonyl (C=O) groups is 1. The van der Waals surface area contributed by atoms with Gasteiger partial charge in [0.15, 0.2) is 0 Å². The lowest BCUT2D eigenvalue weighted by molar-refractivity contribution is -0.142. The van der Waals surface area contributed by atoms with Gasteiger partial charge in [0.2, 0.25) is 0 Å². The van der Waals surface area contributed by atoms with E-state index < -0.39 is 5.97 Å². The van der Waals surface area contributed by atoms with E-state index in [1.807, 2.05) is 0 Å². The van der Waals surface area contributed by atoms with E-state index in [4.69, 9.17) is 5.11 Å². The van der Waals surface area contributed by atoms with Crippen molar-refractivity contribution in [3.05, 3.63) is 0 Å². The van der Waals surface area contributed by atoms with Crippen molar-refractivity contribution in [1.82, 2.24) is 4.90 Å². The Bertz CT molecular complexity index is 182. The average Bonchev–Trinajstić information content (AvgIpc) is 2.52. The Morgan fingerprint density at radius 3 is 2.92 bits per heavy atom. The second kappa shape index (κ2) is 4.61. The average molecular weight is 185 g/mol. The lowest BCUT2D eigenvalue weighted by Gasteiger charge is -2.27. The second-order valence-electron chi connectivity index (χ2n) is 3.87. The molecule has 1 N–H and O–H groups in total. The molecule has 0 spiro atoms. The van der Waals surface area contributed by atoms with Crippen molar-refractivity contribution in [2.24, 2.45) is 0 Å². The van der Waals surface area contributed by atoms with Crippen LogP contribution in [-0.2, 0) is 4.79 Å². The first kappa shape index (κ1) is 10.5. The Kier molecular flexibility index (Phi) is 3.72. The first-order valence-corrected chi connectivity index (χ1v) is 5.15. The maximum atomic E-state index is 10.9. The fourth-order valence-electron chi connectivity index (χ4n) is 2.17. The minimum absolute atomic E-state index is 0.221. The zero-order valence-electron chi connectivity index (χ0n) is 8.49. The minimum atomic E-state index is -0.652. The first-order valence-electron chi connectivity index (χ1n) is 5.15. The SMILES string of the molecule is CCCC(C)N1CCCC1C(=O)O. The van der Waals surface area contributed by atoms with Crippen molar-refractivity contribution >= 4 is 5.97 Å². The minimum Gasteiger partial charge on any atom is -0.480 e. The van der Waals surface area contributed by atoms with Gasteiger partial charge in [-0.3, -0.25) is 9.69 Å². The highest BCUT2D eigenvalue weighted by atomic mass is 16.4. The van der Waals surface area contributed by atoms with Crippen LogP contribution in [0, 0.1) is 0 Å². The lowest BCUT2D eigenvalue weighted by atomic mass is 10.1. The van der Waals surface area contributed by atoms with E-state index in [1.165, 1.54) is 0 Å². The molecule has 1 rings (SSSR count). The van der Waals surface area contributed by atoms with E-state index >= 15 is 0 Å². The number of hydrogen-bond donors (Lipinski definition) is 1. The van der Waals surface area contributed by atoms with Gasteiger partial charge in [0.1, 0.15) is 6.04 Å². The Hall–Kier alpha value is -0.570. The predicted octanol–water partition coefficient (Wildman–Crippen LogP) is 1.72. The molecular weight excluding hydrogens is 166 g/mol. The van der Waals surface area contributed by atoms with Gasteiger partial charge >= 0.3 is 5.97 Å². The van der Waals surface area contributed by atoms with Crippen molar-refractivity contribution in [2.75, 3.05) is 6.54 Å². The highest BCUT2D eigenvalue weighted by Crippen LogP contribution is 2.22. The molecule has 0 amide bonds. The normalized spacial score (nSPS) is 26.2. The van der Waals surface area contributed by atoms with E-state index in [2.05, 4.69) is 18.7 Å². The Morgan fingerprint density at radius 2 is 2.38 bits per heavy atom. The van der Waals surface area contributed by atoms with Crippen molar-refractivity contribution in [3.8, 4) is 0 Å². The summed E-state index contributed by atoms with van der Waals surface area (Å²) in [5.74, 6) is -0.652. The third-order valence-corrected chi connectivity index (χ3v) is 2.85. The number of carboxylic acids is 1. The fraction of sp³-hybridized carbons (Fsp3) is 0.900. The van der Waals surface area contributed by atoms with Gasteiger partial charge in [0.25, 0.3) is 0 Å². The highest BCUT2D eigenvalue weighted by molar-refractivity contribution is 5.73. The van der Waals surface area contributed by atoms with Crippen LogP contribution < -0.4 is 0 Å². The number of carboxylic acid groups (broad SMARTS) is 1. The molecule has 1 saturated heterocycles. The van der Waals surface area contributed by atoms with Crippen LogP contribution in [0.15, 0.2) is 0 Å². The van der Waals surface area contributed by atoms with Crippen LogP contribution in [0.2, 0.25) is 0 Å². The summed E-state index contributed by atoms with van der Waals surface area (Å²) in [5.41, 5.74) is 0.